The van der Waals surface area contributed by atoms with Gasteiger partial charge >= 0.3 is 0 Å². The van der Waals surface area contributed by atoms with E-state index in [0.717, 1.165) is 22.0 Å². The molecule has 106 valence electrons. The Balaban J connectivity index is 1.97. The summed E-state index contributed by atoms with van der Waals surface area (Å²) >= 11 is 0. The summed E-state index contributed by atoms with van der Waals surface area (Å²) in [6.07, 6.45) is 2.42. The molecule has 0 amide bonds. The predicted octanol–water partition coefficient (Wildman–Crippen LogP) is 2.95. The molecule has 6 heteroatoms. The number of hydrogen-bond acceptors (Lipinski definition) is 4. The minimum atomic E-state index is -0.419. The van der Waals surface area contributed by atoms with Crippen LogP contribution >= 0.6 is 0 Å². The number of aromatic hydroxyl groups is 1. The topological polar surface area (TPSA) is 105 Å². The molecule has 0 saturated heterocycles. The monoisotopic (exact) mass is 283 g/mol. The van der Waals surface area contributed by atoms with E-state index < -0.39 is 4.92 Å². The standard InChI is InChI=1S/C15H13N3O3/c16-13-4-1-9(6-15(13)19)5-10-8-17-14-7-11(18(20)21)2-3-12(10)14/h1-4,6-8,17,19H,5,16H2. The quantitative estimate of drug-likeness (QED) is 0.297. The molecule has 3 aromatic rings. The van der Waals surface area contributed by atoms with Crippen LogP contribution in [0.2, 0.25) is 0 Å². The van der Waals surface area contributed by atoms with Gasteiger partial charge in [0.25, 0.3) is 5.69 Å². The molecule has 6 nitrogen and oxygen atoms in total. The minimum absolute atomic E-state index is 0.0565. The van der Waals surface area contributed by atoms with Gasteiger partial charge < -0.3 is 15.8 Å². The number of phenolic OH excluding ortho intramolecular Hbond substituents is 1. The van der Waals surface area contributed by atoms with Crippen molar-refractivity contribution < 1.29 is 10.0 Å². The number of benzene rings is 2. The van der Waals surface area contributed by atoms with Gasteiger partial charge in [-0.25, -0.2) is 0 Å². The maximum atomic E-state index is 10.8. The molecule has 21 heavy (non-hydrogen) atoms. The highest BCUT2D eigenvalue weighted by molar-refractivity contribution is 5.85. The number of rotatable bonds is 3. The van der Waals surface area contributed by atoms with E-state index in [1.54, 1.807) is 18.2 Å². The molecule has 0 bridgehead atoms. The van der Waals surface area contributed by atoms with Gasteiger partial charge in [0, 0.05) is 23.7 Å². The average Bonchev–Trinajstić information content (AvgIpc) is 2.85. The van der Waals surface area contributed by atoms with Crippen LogP contribution in [0.25, 0.3) is 10.9 Å². The van der Waals surface area contributed by atoms with Crippen molar-refractivity contribution >= 4 is 22.3 Å². The van der Waals surface area contributed by atoms with Crippen molar-refractivity contribution in [1.29, 1.82) is 0 Å². The molecule has 0 radical (unpaired) electrons. The number of anilines is 1. The molecule has 0 spiro atoms. The van der Waals surface area contributed by atoms with Crippen molar-refractivity contribution in [2.24, 2.45) is 0 Å². The molecule has 0 saturated carbocycles. The Kier molecular flexibility index (Phi) is 2.98. The van der Waals surface area contributed by atoms with Crippen molar-refractivity contribution in [2.45, 2.75) is 6.42 Å². The Morgan fingerprint density at radius 1 is 1.24 bits per heavy atom. The minimum Gasteiger partial charge on any atom is -0.506 e. The Bertz CT molecular complexity index is 839. The second-order valence-electron chi connectivity index (χ2n) is 4.87. The molecule has 0 aliphatic heterocycles. The van der Waals surface area contributed by atoms with Crippen molar-refractivity contribution in [3.8, 4) is 5.75 Å². The van der Waals surface area contributed by atoms with Gasteiger partial charge in [0.1, 0.15) is 5.75 Å². The predicted molar refractivity (Wildman–Crippen MR) is 80.3 cm³/mol. The first kappa shape index (κ1) is 13.0. The molecule has 0 fully saturated rings. The number of phenols is 1. The van der Waals surface area contributed by atoms with Gasteiger partial charge in [-0.15, -0.1) is 0 Å². The van der Waals surface area contributed by atoms with Crippen LogP contribution in [-0.2, 0) is 6.42 Å². The van der Waals surface area contributed by atoms with E-state index in [0.29, 0.717) is 12.1 Å². The number of aromatic nitrogens is 1. The first-order chi connectivity index (χ1) is 10.0. The molecule has 0 aliphatic rings. The number of nitrogens with one attached hydrogen (secondary N) is 1. The lowest BCUT2D eigenvalue weighted by atomic mass is 10.0. The average molecular weight is 283 g/mol. The fourth-order valence-corrected chi connectivity index (χ4v) is 2.35. The van der Waals surface area contributed by atoms with Crippen LogP contribution in [0.3, 0.4) is 0 Å². The molecule has 1 heterocycles. The number of nitro benzene ring substituents is 1. The molecule has 0 atom stereocenters. The SMILES string of the molecule is Nc1ccc(Cc2c[nH]c3cc([N+](=O)[O-])ccc23)cc1O. The van der Waals surface area contributed by atoms with Crippen LogP contribution in [0.5, 0.6) is 5.75 Å². The summed E-state index contributed by atoms with van der Waals surface area (Å²) in [4.78, 5) is 13.4. The third-order valence-corrected chi connectivity index (χ3v) is 3.45. The smallest absolute Gasteiger partial charge is 0.271 e. The molecule has 4 N–H and O–H groups in total. The number of nitrogens with zero attached hydrogens (tertiary/aromatic N) is 1. The van der Waals surface area contributed by atoms with Crippen LogP contribution in [0.4, 0.5) is 11.4 Å². The largest absolute Gasteiger partial charge is 0.506 e. The second-order valence-corrected chi connectivity index (χ2v) is 4.87. The molecular weight excluding hydrogens is 270 g/mol. The van der Waals surface area contributed by atoms with Crippen LogP contribution in [0, 0.1) is 10.1 Å². The fraction of sp³-hybridized carbons (Fsp3) is 0.0667. The van der Waals surface area contributed by atoms with E-state index >= 15 is 0 Å². The van der Waals surface area contributed by atoms with Crippen molar-refractivity contribution in [1.82, 2.24) is 4.98 Å². The third kappa shape index (κ3) is 2.38. The third-order valence-electron chi connectivity index (χ3n) is 3.45. The number of hydrogen-bond donors (Lipinski definition) is 3. The lowest BCUT2D eigenvalue weighted by Gasteiger charge is -2.03. The summed E-state index contributed by atoms with van der Waals surface area (Å²) in [5, 5.41) is 21.3. The molecule has 3 rings (SSSR count). The van der Waals surface area contributed by atoms with Gasteiger partial charge in [-0.3, -0.25) is 10.1 Å². The highest BCUT2D eigenvalue weighted by atomic mass is 16.6. The lowest BCUT2D eigenvalue weighted by molar-refractivity contribution is -0.384. The van der Waals surface area contributed by atoms with Gasteiger partial charge in [-0.05, 0) is 35.7 Å². The molecule has 1 aromatic heterocycles. The zero-order valence-electron chi connectivity index (χ0n) is 11.0. The highest BCUT2D eigenvalue weighted by Crippen LogP contribution is 2.27. The molecule has 0 aliphatic carbocycles. The van der Waals surface area contributed by atoms with Crippen LogP contribution in [-0.4, -0.2) is 15.0 Å². The first-order valence-electron chi connectivity index (χ1n) is 6.36. The van der Waals surface area contributed by atoms with Crippen molar-refractivity contribution in [3.63, 3.8) is 0 Å². The number of nitrogen functional groups attached to an aromatic ring is 1. The number of nitrogens with two attached hydrogens (primary N) is 1. The Hall–Kier alpha value is -3.02. The lowest BCUT2D eigenvalue weighted by Crippen LogP contribution is -1.90. The molecule has 0 unspecified atom stereocenters. The summed E-state index contributed by atoms with van der Waals surface area (Å²) < 4.78 is 0. The first-order valence-corrected chi connectivity index (χ1v) is 6.36. The van der Waals surface area contributed by atoms with Crippen molar-refractivity contribution in [2.75, 3.05) is 5.73 Å². The number of aromatic amines is 1. The Morgan fingerprint density at radius 2 is 2.05 bits per heavy atom. The van der Waals surface area contributed by atoms with E-state index in [4.69, 9.17) is 5.73 Å². The zero-order valence-corrected chi connectivity index (χ0v) is 11.0. The van der Waals surface area contributed by atoms with E-state index in [9.17, 15) is 15.2 Å². The summed E-state index contributed by atoms with van der Waals surface area (Å²) in [5.74, 6) is 0.0583. The van der Waals surface area contributed by atoms with Crippen LogP contribution < -0.4 is 5.73 Å². The molecule has 2 aromatic carbocycles. The number of nitro groups is 1. The van der Waals surface area contributed by atoms with Crippen LogP contribution in [0.1, 0.15) is 11.1 Å². The second kappa shape index (κ2) is 4.82. The number of fused-ring (bicyclic) bond motifs is 1. The van der Waals surface area contributed by atoms with E-state index in [-0.39, 0.29) is 11.4 Å². The van der Waals surface area contributed by atoms with Gasteiger partial charge in [-0.1, -0.05) is 6.07 Å². The number of non-ortho nitro benzene ring substituents is 1. The maximum Gasteiger partial charge on any atom is 0.271 e. The number of H-pyrrole nitrogens is 1. The van der Waals surface area contributed by atoms with E-state index in [1.165, 1.54) is 12.1 Å². The van der Waals surface area contributed by atoms with Gasteiger partial charge in [-0.2, -0.15) is 0 Å². The summed E-state index contributed by atoms with van der Waals surface area (Å²) in [6.45, 7) is 0. The summed E-state index contributed by atoms with van der Waals surface area (Å²) in [6, 6.07) is 9.86. The van der Waals surface area contributed by atoms with E-state index in [1.807, 2.05) is 12.3 Å². The summed E-state index contributed by atoms with van der Waals surface area (Å²) in [7, 11) is 0. The zero-order chi connectivity index (χ0) is 15.0. The van der Waals surface area contributed by atoms with Gasteiger partial charge in [0.2, 0.25) is 0 Å². The highest BCUT2D eigenvalue weighted by Gasteiger charge is 2.10. The van der Waals surface area contributed by atoms with Gasteiger partial charge in [0.05, 0.1) is 16.1 Å². The fourth-order valence-electron chi connectivity index (χ4n) is 2.35. The van der Waals surface area contributed by atoms with Crippen LogP contribution in [0.15, 0.2) is 42.6 Å². The van der Waals surface area contributed by atoms with Gasteiger partial charge in [0.15, 0.2) is 0 Å². The summed E-state index contributed by atoms with van der Waals surface area (Å²) in [5.41, 5.74) is 8.62. The Morgan fingerprint density at radius 3 is 2.76 bits per heavy atom. The normalized spacial score (nSPS) is 10.9. The molecular formula is C15H13N3O3. The maximum absolute atomic E-state index is 10.8. The Labute approximate surface area is 120 Å². The van der Waals surface area contributed by atoms with Crippen molar-refractivity contribution in [3.05, 3.63) is 63.8 Å². The van der Waals surface area contributed by atoms with E-state index in [2.05, 4.69) is 4.98 Å².